The van der Waals surface area contributed by atoms with E-state index in [1.54, 1.807) is 0 Å². The quantitative estimate of drug-likeness (QED) is 0.691. The number of carbonyl (C=O) groups is 2. The number of fused-ring (bicyclic) bond motifs is 1. The number of morpholine rings is 1. The molecule has 1 saturated heterocycles. The fourth-order valence-corrected chi connectivity index (χ4v) is 3.49. The average Bonchev–Trinajstić information content (AvgIpc) is 2.70. The van der Waals surface area contributed by atoms with E-state index in [2.05, 4.69) is 20.6 Å². The summed E-state index contributed by atoms with van der Waals surface area (Å²) >= 11 is 5.73. The summed E-state index contributed by atoms with van der Waals surface area (Å²) in [6, 6.07) is 3.71. The lowest BCUT2D eigenvalue weighted by molar-refractivity contribution is -0.123. The molecule has 0 radical (unpaired) electrons. The second kappa shape index (κ2) is 7.80. The minimum absolute atomic E-state index is 0.0591. The Morgan fingerprint density at radius 3 is 2.79 bits per heavy atom. The first kappa shape index (κ1) is 19.3. The van der Waals surface area contributed by atoms with E-state index in [4.69, 9.17) is 16.3 Å². The number of aromatic nitrogens is 2. The Morgan fingerprint density at radius 1 is 1.31 bits per heavy atom. The molecule has 3 N–H and O–H groups in total. The molecule has 0 saturated carbocycles. The number of anilines is 3. The van der Waals surface area contributed by atoms with Crippen LogP contribution in [-0.2, 0) is 14.3 Å². The maximum atomic E-state index is 13.3. The maximum absolute atomic E-state index is 13.3. The summed E-state index contributed by atoms with van der Waals surface area (Å²) < 4.78 is 18.6. The molecule has 3 heterocycles. The van der Waals surface area contributed by atoms with E-state index >= 15 is 0 Å². The second-order valence-electron chi connectivity index (χ2n) is 6.67. The summed E-state index contributed by atoms with van der Waals surface area (Å²) in [6.45, 7) is 2.09. The molecule has 1 fully saturated rings. The van der Waals surface area contributed by atoms with Gasteiger partial charge in [0.1, 0.15) is 11.6 Å². The van der Waals surface area contributed by atoms with E-state index in [0.717, 1.165) is 6.07 Å². The third-order valence-electron chi connectivity index (χ3n) is 4.75. The molecule has 2 aliphatic heterocycles. The minimum atomic E-state index is -1.04. The normalized spacial score (nSPS) is 18.8. The summed E-state index contributed by atoms with van der Waals surface area (Å²) in [5, 5.41) is 4.98. The van der Waals surface area contributed by atoms with Crippen LogP contribution in [0.4, 0.5) is 21.8 Å². The SMILES string of the molecule is O=C1C[C@H](C(=O)Nc2ccc(F)c(Cl)c2)c2c(nc(N3CCOCC3)[nH]c2=O)N1. The highest BCUT2D eigenvalue weighted by Gasteiger charge is 2.35. The van der Waals surface area contributed by atoms with Gasteiger partial charge in [0.05, 0.1) is 29.7 Å². The van der Waals surface area contributed by atoms with Crippen molar-refractivity contribution in [2.45, 2.75) is 12.3 Å². The number of ether oxygens (including phenoxy) is 1. The summed E-state index contributed by atoms with van der Waals surface area (Å²) in [5.41, 5.74) is -0.177. The van der Waals surface area contributed by atoms with E-state index in [0.29, 0.717) is 32.3 Å². The maximum Gasteiger partial charge on any atom is 0.258 e. The molecule has 152 valence electrons. The van der Waals surface area contributed by atoms with Crippen molar-refractivity contribution >= 4 is 40.9 Å². The number of nitrogens with zero attached hydrogens (tertiary/aromatic N) is 2. The van der Waals surface area contributed by atoms with Crippen molar-refractivity contribution in [3.8, 4) is 0 Å². The fraction of sp³-hybridized carbons (Fsp3) is 0.333. The zero-order valence-electron chi connectivity index (χ0n) is 15.1. The fourth-order valence-electron chi connectivity index (χ4n) is 3.31. The van der Waals surface area contributed by atoms with Gasteiger partial charge in [-0.3, -0.25) is 19.4 Å². The van der Waals surface area contributed by atoms with Gasteiger partial charge in [0.15, 0.2) is 0 Å². The van der Waals surface area contributed by atoms with Crippen LogP contribution in [0.2, 0.25) is 5.02 Å². The molecule has 2 amide bonds. The molecule has 29 heavy (non-hydrogen) atoms. The van der Waals surface area contributed by atoms with Crippen LogP contribution in [0.15, 0.2) is 23.0 Å². The standard InChI is InChI=1S/C18H17ClFN5O4/c19-11-7-9(1-2-12(11)20)21-16(27)10-8-13(26)22-15-14(10)17(28)24-18(23-15)25-3-5-29-6-4-25/h1-2,7,10H,3-6,8H2,(H,21,27)(H2,22,23,24,26,28)/t10-/m0/s1. The molecule has 2 aromatic rings. The average molecular weight is 422 g/mol. The van der Waals surface area contributed by atoms with E-state index in [1.165, 1.54) is 12.1 Å². The van der Waals surface area contributed by atoms with E-state index in [-0.39, 0.29) is 28.5 Å². The monoisotopic (exact) mass is 421 g/mol. The molecule has 0 aliphatic carbocycles. The number of halogens is 2. The Bertz CT molecular complexity index is 1040. The number of H-pyrrole nitrogens is 1. The van der Waals surface area contributed by atoms with Crippen molar-refractivity contribution in [2.75, 3.05) is 41.8 Å². The van der Waals surface area contributed by atoms with Crippen molar-refractivity contribution in [1.29, 1.82) is 0 Å². The molecule has 1 aromatic carbocycles. The summed E-state index contributed by atoms with van der Waals surface area (Å²) in [7, 11) is 0. The first-order valence-corrected chi connectivity index (χ1v) is 9.33. The number of nitrogens with one attached hydrogen (secondary N) is 3. The number of hydrogen-bond acceptors (Lipinski definition) is 6. The molecule has 0 unspecified atom stereocenters. The highest BCUT2D eigenvalue weighted by atomic mass is 35.5. The van der Waals surface area contributed by atoms with Crippen LogP contribution >= 0.6 is 11.6 Å². The molecule has 4 rings (SSSR count). The van der Waals surface area contributed by atoms with Crippen molar-refractivity contribution in [3.05, 3.63) is 45.0 Å². The summed E-state index contributed by atoms with van der Waals surface area (Å²) in [6.07, 6.45) is -0.213. The predicted molar refractivity (Wildman–Crippen MR) is 104 cm³/mol. The zero-order valence-corrected chi connectivity index (χ0v) is 15.9. The van der Waals surface area contributed by atoms with Crippen molar-refractivity contribution < 1.29 is 18.7 Å². The van der Waals surface area contributed by atoms with Gasteiger partial charge in [0.2, 0.25) is 17.8 Å². The van der Waals surface area contributed by atoms with Crippen LogP contribution in [0.5, 0.6) is 0 Å². The third-order valence-corrected chi connectivity index (χ3v) is 5.04. The van der Waals surface area contributed by atoms with Crippen molar-refractivity contribution in [2.24, 2.45) is 0 Å². The lowest BCUT2D eigenvalue weighted by Crippen LogP contribution is -2.41. The van der Waals surface area contributed by atoms with Crippen molar-refractivity contribution in [1.82, 2.24) is 9.97 Å². The van der Waals surface area contributed by atoms with Gasteiger partial charge in [-0.15, -0.1) is 0 Å². The highest BCUT2D eigenvalue weighted by Crippen LogP contribution is 2.30. The van der Waals surface area contributed by atoms with Crippen LogP contribution in [-0.4, -0.2) is 48.1 Å². The second-order valence-corrected chi connectivity index (χ2v) is 7.08. The number of benzene rings is 1. The van der Waals surface area contributed by atoms with Gasteiger partial charge in [-0.2, -0.15) is 4.98 Å². The molecule has 1 aromatic heterocycles. The summed E-state index contributed by atoms with van der Waals surface area (Å²) in [4.78, 5) is 46.5. The number of carbonyl (C=O) groups excluding carboxylic acids is 2. The minimum Gasteiger partial charge on any atom is -0.378 e. The molecule has 9 nitrogen and oxygen atoms in total. The predicted octanol–water partition coefficient (Wildman–Crippen LogP) is 1.46. The zero-order chi connectivity index (χ0) is 20.5. The van der Waals surface area contributed by atoms with Gasteiger partial charge in [-0.1, -0.05) is 11.6 Å². The summed E-state index contributed by atoms with van der Waals surface area (Å²) in [5.74, 6) is -2.32. The largest absolute Gasteiger partial charge is 0.378 e. The van der Waals surface area contributed by atoms with E-state index in [1.807, 2.05) is 4.90 Å². The van der Waals surface area contributed by atoms with Crippen LogP contribution in [0.25, 0.3) is 0 Å². The molecule has 0 spiro atoms. The first-order valence-electron chi connectivity index (χ1n) is 8.95. The molecule has 0 bridgehead atoms. The van der Waals surface area contributed by atoms with E-state index in [9.17, 15) is 18.8 Å². The lowest BCUT2D eigenvalue weighted by atomic mass is 9.92. The Morgan fingerprint density at radius 2 is 2.07 bits per heavy atom. The number of amides is 2. The Labute approximate surface area is 169 Å². The van der Waals surface area contributed by atoms with Gasteiger partial charge >= 0.3 is 0 Å². The Kier molecular flexibility index (Phi) is 5.20. The smallest absolute Gasteiger partial charge is 0.258 e. The van der Waals surface area contributed by atoms with Gasteiger partial charge in [-0.25, -0.2) is 4.39 Å². The Balaban J connectivity index is 1.64. The number of aromatic amines is 1. The van der Waals surface area contributed by atoms with Crippen LogP contribution in [0.1, 0.15) is 17.9 Å². The number of rotatable bonds is 3. The number of hydrogen-bond donors (Lipinski definition) is 3. The lowest BCUT2D eigenvalue weighted by Gasteiger charge is -2.29. The molecular weight excluding hydrogens is 405 g/mol. The van der Waals surface area contributed by atoms with Gasteiger partial charge in [0.25, 0.3) is 5.56 Å². The molecular formula is C18H17ClFN5O4. The van der Waals surface area contributed by atoms with Gasteiger partial charge in [-0.05, 0) is 18.2 Å². The molecule has 1 atom stereocenters. The highest BCUT2D eigenvalue weighted by molar-refractivity contribution is 6.31. The van der Waals surface area contributed by atoms with Crippen molar-refractivity contribution in [3.63, 3.8) is 0 Å². The van der Waals surface area contributed by atoms with Gasteiger partial charge in [0, 0.05) is 25.2 Å². The Hall–Kier alpha value is -2.98. The van der Waals surface area contributed by atoms with Crippen LogP contribution in [0, 0.1) is 5.82 Å². The van der Waals surface area contributed by atoms with E-state index < -0.39 is 29.1 Å². The van der Waals surface area contributed by atoms with Crippen LogP contribution in [0.3, 0.4) is 0 Å². The molecule has 2 aliphatic rings. The molecule has 11 heteroatoms. The first-order chi connectivity index (χ1) is 13.9. The van der Waals surface area contributed by atoms with Gasteiger partial charge < -0.3 is 20.3 Å². The van der Waals surface area contributed by atoms with Crippen LogP contribution < -0.4 is 21.1 Å². The third kappa shape index (κ3) is 3.94. The topological polar surface area (TPSA) is 116 Å².